The lowest BCUT2D eigenvalue weighted by molar-refractivity contribution is -0.491. The fraction of sp³-hybridized carbons (Fsp3) is 0.125. The molecule has 1 atom stereocenters. The van der Waals surface area contributed by atoms with Gasteiger partial charge in [-0.3, -0.25) is 10.1 Å². The van der Waals surface area contributed by atoms with Crippen LogP contribution in [0.3, 0.4) is 0 Å². The molecule has 0 radical (unpaired) electrons. The highest BCUT2D eigenvalue weighted by atomic mass is 16.6. The van der Waals surface area contributed by atoms with E-state index < -0.39 is 17.6 Å². The van der Waals surface area contributed by atoms with Crippen molar-refractivity contribution >= 4 is 21.5 Å². The van der Waals surface area contributed by atoms with E-state index in [1.807, 2.05) is 54.6 Å². The van der Waals surface area contributed by atoms with Gasteiger partial charge < -0.3 is 5.11 Å². The fourth-order valence-electron chi connectivity index (χ4n) is 2.64. The Morgan fingerprint density at radius 2 is 1.50 bits per heavy atom. The van der Waals surface area contributed by atoms with Gasteiger partial charge in [-0.2, -0.15) is 0 Å². The standard InChI is InChI=1S/C16H13NO3/c18-15(10-17(19)20)16-13-7-3-1-5-11(13)9-12-6-2-4-8-14(12)16/h1-9,15,18H,10H2/t15-/m1/s1. The average molecular weight is 267 g/mol. The van der Waals surface area contributed by atoms with Crippen molar-refractivity contribution in [2.24, 2.45) is 0 Å². The van der Waals surface area contributed by atoms with Crippen molar-refractivity contribution in [3.8, 4) is 0 Å². The van der Waals surface area contributed by atoms with Crippen molar-refractivity contribution in [3.05, 3.63) is 70.3 Å². The van der Waals surface area contributed by atoms with Gasteiger partial charge in [0.2, 0.25) is 6.54 Å². The lowest BCUT2D eigenvalue weighted by Gasteiger charge is -2.14. The normalized spacial score (nSPS) is 12.7. The summed E-state index contributed by atoms with van der Waals surface area (Å²) in [6.07, 6.45) is -1.11. The number of aliphatic hydroxyl groups excluding tert-OH is 1. The molecule has 0 spiro atoms. The molecule has 0 bridgehead atoms. The van der Waals surface area contributed by atoms with Gasteiger partial charge in [0.05, 0.1) is 0 Å². The predicted molar refractivity (Wildman–Crippen MR) is 78.3 cm³/mol. The van der Waals surface area contributed by atoms with Crippen LogP contribution >= 0.6 is 0 Å². The van der Waals surface area contributed by atoms with E-state index in [2.05, 4.69) is 0 Å². The number of benzene rings is 3. The molecule has 0 aromatic heterocycles. The van der Waals surface area contributed by atoms with Crippen molar-refractivity contribution in [1.29, 1.82) is 0 Å². The van der Waals surface area contributed by atoms with E-state index in [0.29, 0.717) is 5.56 Å². The van der Waals surface area contributed by atoms with Gasteiger partial charge in [-0.1, -0.05) is 48.5 Å². The number of hydrogen-bond donors (Lipinski definition) is 1. The molecule has 0 fully saturated rings. The molecular weight excluding hydrogens is 254 g/mol. The van der Waals surface area contributed by atoms with Crippen LogP contribution < -0.4 is 0 Å². The zero-order chi connectivity index (χ0) is 14.1. The second-order valence-electron chi connectivity index (χ2n) is 4.76. The van der Waals surface area contributed by atoms with E-state index in [1.54, 1.807) is 0 Å². The topological polar surface area (TPSA) is 63.4 Å². The first-order chi connectivity index (χ1) is 9.66. The van der Waals surface area contributed by atoms with E-state index in [-0.39, 0.29) is 0 Å². The summed E-state index contributed by atoms with van der Waals surface area (Å²) in [4.78, 5) is 10.2. The minimum Gasteiger partial charge on any atom is -0.381 e. The Hall–Kier alpha value is -2.46. The number of nitro groups is 1. The van der Waals surface area contributed by atoms with Crippen LogP contribution in [-0.2, 0) is 0 Å². The molecule has 4 nitrogen and oxygen atoms in total. The van der Waals surface area contributed by atoms with Gasteiger partial charge in [0.25, 0.3) is 0 Å². The first kappa shape index (κ1) is 12.6. The SMILES string of the molecule is O=[N+]([O-])C[C@@H](O)c1c2ccccc2cc2ccccc12. The lowest BCUT2D eigenvalue weighted by Crippen LogP contribution is -2.12. The summed E-state index contributed by atoms with van der Waals surface area (Å²) in [7, 11) is 0. The van der Waals surface area contributed by atoms with E-state index in [0.717, 1.165) is 21.5 Å². The summed E-state index contributed by atoms with van der Waals surface area (Å²) in [5.74, 6) is 0. The molecular formula is C16H13NO3. The summed E-state index contributed by atoms with van der Waals surface area (Å²) in [5, 5.41) is 24.6. The van der Waals surface area contributed by atoms with Crippen LogP contribution in [0.25, 0.3) is 21.5 Å². The van der Waals surface area contributed by atoms with Crippen LogP contribution in [0.4, 0.5) is 0 Å². The third-order valence-electron chi connectivity index (χ3n) is 3.47. The molecule has 3 aromatic rings. The highest BCUT2D eigenvalue weighted by Gasteiger charge is 2.19. The van der Waals surface area contributed by atoms with Gasteiger partial charge in [-0.25, -0.2) is 0 Å². The second-order valence-corrected chi connectivity index (χ2v) is 4.76. The van der Waals surface area contributed by atoms with E-state index in [1.165, 1.54) is 0 Å². The number of rotatable bonds is 3. The molecule has 4 heteroatoms. The van der Waals surface area contributed by atoms with Crippen LogP contribution in [0.2, 0.25) is 0 Å². The minimum absolute atomic E-state index is 0.485. The summed E-state index contributed by atoms with van der Waals surface area (Å²) < 4.78 is 0. The second kappa shape index (κ2) is 4.90. The smallest absolute Gasteiger partial charge is 0.233 e. The molecule has 20 heavy (non-hydrogen) atoms. The van der Waals surface area contributed by atoms with Crippen molar-refractivity contribution in [1.82, 2.24) is 0 Å². The first-order valence-corrected chi connectivity index (χ1v) is 6.37. The molecule has 0 amide bonds. The minimum atomic E-state index is -1.11. The number of hydrogen-bond acceptors (Lipinski definition) is 3. The Bertz CT molecular complexity index is 744. The Morgan fingerprint density at radius 3 is 2.00 bits per heavy atom. The van der Waals surface area contributed by atoms with Gasteiger partial charge in [0, 0.05) is 10.5 Å². The zero-order valence-corrected chi connectivity index (χ0v) is 10.7. The van der Waals surface area contributed by atoms with Crippen LogP contribution in [0.1, 0.15) is 11.7 Å². The van der Waals surface area contributed by atoms with Gasteiger partial charge >= 0.3 is 0 Å². The molecule has 0 aliphatic carbocycles. The summed E-state index contributed by atoms with van der Waals surface area (Å²) in [5.41, 5.74) is 0.635. The molecule has 0 unspecified atom stereocenters. The summed E-state index contributed by atoms with van der Waals surface area (Å²) >= 11 is 0. The van der Waals surface area contributed by atoms with Crippen molar-refractivity contribution in [2.45, 2.75) is 6.10 Å². The molecule has 0 aliphatic heterocycles. The van der Waals surface area contributed by atoms with Crippen LogP contribution in [-0.4, -0.2) is 16.6 Å². The van der Waals surface area contributed by atoms with Gasteiger partial charge in [-0.15, -0.1) is 0 Å². The lowest BCUT2D eigenvalue weighted by atomic mass is 9.93. The molecule has 0 saturated heterocycles. The third-order valence-corrected chi connectivity index (χ3v) is 3.47. The third kappa shape index (κ3) is 2.10. The van der Waals surface area contributed by atoms with Gasteiger partial charge in [0.1, 0.15) is 6.10 Å². The maximum absolute atomic E-state index is 10.7. The molecule has 1 N–H and O–H groups in total. The van der Waals surface area contributed by atoms with E-state index >= 15 is 0 Å². The first-order valence-electron chi connectivity index (χ1n) is 6.37. The Morgan fingerprint density at radius 1 is 1.00 bits per heavy atom. The number of aliphatic hydroxyl groups is 1. The molecule has 0 heterocycles. The number of nitrogens with zero attached hydrogens (tertiary/aromatic N) is 1. The number of fused-ring (bicyclic) bond motifs is 2. The van der Waals surface area contributed by atoms with Gasteiger partial charge in [0.15, 0.2) is 0 Å². The van der Waals surface area contributed by atoms with Gasteiger partial charge in [-0.05, 0) is 27.6 Å². The quantitative estimate of drug-likeness (QED) is 0.450. The van der Waals surface area contributed by atoms with Crippen LogP contribution in [0, 0.1) is 10.1 Å². The fourth-order valence-corrected chi connectivity index (χ4v) is 2.64. The highest BCUT2D eigenvalue weighted by molar-refractivity contribution is 6.02. The molecule has 0 saturated carbocycles. The maximum atomic E-state index is 10.7. The Balaban J connectivity index is 2.35. The zero-order valence-electron chi connectivity index (χ0n) is 10.7. The molecule has 3 aromatic carbocycles. The highest BCUT2D eigenvalue weighted by Crippen LogP contribution is 2.32. The van der Waals surface area contributed by atoms with E-state index in [9.17, 15) is 15.2 Å². The largest absolute Gasteiger partial charge is 0.381 e. The van der Waals surface area contributed by atoms with Crippen molar-refractivity contribution < 1.29 is 10.0 Å². The monoisotopic (exact) mass is 267 g/mol. The molecule has 0 aliphatic rings. The van der Waals surface area contributed by atoms with Crippen molar-refractivity contribution in [3.63, 3.8) is 0 Å². The Kier molecular flexibility index (Phi) is 3.08. The summed E-state index contributed by atoms with van der Waals surface area (Å²) in [6, 6.07) is 17.3. The molecule has 3 rings (SSSR count). The predicted octanol–water partition coefficient (Wildman–Crippen LogP) is 3.30. The Labute approximate surface area is 115 Å². The van der Waals surface area contributed by atoms with Crippen LogP contribution in [0.5, 0.6) is 0 Å². The van der Waals surface area contributed by atoms with Crippen LogP contribution in [0.15, 0.2) is 54.6 Å². The summed E-state index contributed by atoms with van der Waals surface area (Å²) in [6.45, 7) is -0.488. The van der Waals surface area contributed by atoms with E-state index in [4.69, 9.17) is 0 Å². The molecule has 100 valence electrons. The average Bonchev–Trinajstić information content (AvgIpc) is 2.43. The maximum Gasteiger partial charge on any atom is 0.233 e. The van der Waals surface area contributed by atoms with Crippen molar-refractivity contribution in [2.75, 3.05) is 6.54 Å².